The van der Waals surface area contributed by atoms with Crippen molar-refractivity contribution in [3.63, 3.8) is 0 Å². The van der Waals surface area contributed by atoms with Gasteiger partial charge in [0.2, 0.25) is 0 Å². The molecule has 1 unspecified atom stereocenters. The van der Waals surface area contributed by atoms with Crippen LogP contribution >= 0.6 is 0 Å². The van der Waals surface area contributed by atoms with Crippen LogP contribution < -0.4 is 11.1 Å². The van der Waals surface area contributed by atoms with Crippen molar-refractivity contribution in [1.29, 1.82) is 0 Å². The molecule has 0 bridgehead atoms. The fourth-order valence-corrected chi connectivity index (χ4v) is 2.05. The van der Waals surface area contributed by atoms with Crippen molar-refractivity contribution in [3.8, 4) is 0 Å². The van der Waals surface area contributed by atoms with Gasteiger partial charge in [-0.05, 0) is 18.1 Å². The van der Waals surface area contributed by atoms with Gasteiger partial charge in [0.05, 0.1) is 5.52 Å². The summed E-state index contributed by atoms with van der Waals surface area (Å²) < 4.78 is 0. The maximum atomic E-state index is 12.1. The molecule has 2 aromatic rings. The standard InChI is InChI=1S/C15H17N3O3/c1-9(6-14(19)20)8-17-15(21)13-7-11(16)10-4-2-3-5-12(10)18-13/h2-5,7,9H,6,8H2,1H3,(H2,16,18)(H,17,21)(H,19,20). The minimum atomic E-state index is -0.884. The number of pyridine rings is 1. The van der Waals surface area contributed by atoms with Crippen LogP contribution in [0.2, 0.25) is 0 Å². The highest BCUT2D eigenvalue weighted by Gasteiger charge is 2.13. The summed E-state index contributed by atoms with van der Waals surface area (Å²) in [6, 6.07) is 8.84. The Bertz CT molecular complexity index is 685. The van der Waals surface area contributed by atoms with Crippen LogP contribution in [0, 0.1) is 5.92 Å². The zero-order valence-electron chi connectivity index (χ0n) is 11.7. The predicted molar refractivity (Wildman–Crippen MR) is 79.9 cm³/mol. The molecule has 1 aromatic carbocycles. The van der Waals surface area contributed by atoms with Crippen molar-refractivity contribution in [2.24, 2.45) is 5.92 Å². The van der Waals surface area contributed by atoms with Crippen LogP contribution in [-0.4, -0.2) is 28.5 Å². The van der Waals surface area contributed by atoms with Gasteiger partial charge in [-0.1, -0.05) is 25.1 Å². The van der Waals surface area contributed by atoms with Gasteiger partial charge in [-0.3, -0.25) is 9.59 Å². The predicted octanol–water partition coefficient (Wildman–Crippen LogP) is 1.66. The average Bonchev–Trinajstić information content (AvgIpc) is 2.44. The number of hydrogen-bond donors (Lipinski definition) is 3. The number of rotatable bonds is 5. The molecule has 6 heteroatoms. The number of carboxylic acid groups (broad SMARTS) is 1. The Morgan fingerprint density at radius 1 is 1.38 bits per heavy atom. The van der Waals surface area contributed by atoms with Crippen LogP contribution in [0.15, 0.2) is 30.3 Å². The molecule has 6 nitrogen and oxygen atoms in total. The second kappa shape index (κ2) is 6.21. The smallest absolute Gasteiger partial charge is 0.303 e. The van der Waals surface area contributed by atoms with Crippen molar-refractivity contribution < 1.29 is 14.7 Å². The Morgan fingerprint density at radius 3 is 2.81 bits per heavy atom. The number of nitrogens with one attached hydrogen (secondary N) is 1. The highest BCUT2D eigenvalue weighted by Crippen LogP contribution is 2.19. The lowest BCUT2D eigenvalue weighted by molar-refractivity contribution is -0.137. The van der Waals surface area contributed by atoms with Crippen molar-refractivity contribution in [2.75, 3.05) is 12.3 Å². The fraction of sp³-hybridized carbons (Fsp3) is 0.267. The molecule has 0 aliphatic carbocycles. The van der Waals surface area contributed by atoms with E-state index in [1.165, 1.54) is 6.07 Å². The van der Waals surface area contributed by atoms with E-state index in [0.29, 0.717) is 11.2 Å². The van der Waals surface area contributed by atoms with Crippen LogP contribution in [-0.2, 0) is 4.79 Å². The van der Waals surface area contributed by atoms with Gasteiger partial charge in [-0.15, -0.1) is 0 Å². The molecule has 0 spiro atoms. The van der Waals surface area contributed by atoms with Crippen LogP contribution in [0.3, 0.4) is 0 Å². The van der Waals surface area contributed by atoms with Crippen molar-refractivity contribution in [3.05, 3.63) is 36.0 Å². The van der Waals surface area contributed by atoms with E-state index in [2.05, 4.69) is 10.3 Å². The quantitative estimate of drug-likeness (QED) is 0.775. The minimum absolute atomic E-state index is 0.00751. The van der Waals surface area contributed by atoms with Crippen LogP contribution in [0.25, 0.3) is 10.9 Å². The number of carbonyl (C=O) groups excluding carboxylic acids is 1. The summed E-state index contributed by atoms with van der Waals surface area (Å²) in [7, 11) is 0. The molecule has 0 saturated heterocycles. The Kier molecular flexibility index (Phi) is 4.37. The topological polar surface area (TPSA) is 105 Å². The summed E-state index contributed by atoms with van der Waals surface area (Å²) in [5, 5.41) is 12.2. The third kappa shape index (κ3) is 3.68. The molecule has 21 heavy (non-hydrogen) atoms. The largest absolute Gasteiger partial charge is 0.481 e. The number of hydrogen-bond acceptors (Lipinski definition) is 4. The molecule has 1 atom stereocenters. The summed E-state index contributed by atoms with van der Waals surface area (Å²) in [5.74, 6) is -1.39. The molecule has 1 aromatic heterocycles. The molecule has 4 N–H and O–H groups in total. The number of nitrogens with zero attached hydrogens (tertiary/aromatic N) is 1. The van der Waals surface area contributed by atoms with Gasteiger partial charge in [0, 0.05) is 24.0 Å². The number of para-hydroxylation sites is 1. The number of nitrogen functional groups attached to an aromatic ring is 1. The van der Waals surface area contributed by atoms with Crippen molar-refractivity contribution in [1.82, 2.24) is 10.3 Å². The number of fused-ring (bicyclic) bond motifs is 1. The van der Waals surface area contributed by atoms with E-state index in [9.17, 15) is 9.59 Å². The average molecular weight is 287 g/mol. The monoisotopic (exact) mass is 287 g/mol. The maximum absolute atomic E-state index is 12.1. The van der Waals surface area contributed by atoms with Crippen LogP contribution in [0.1, 0.15) is 23.8 Å². The molecule has 0 radical (unpaired) electrons. The number of amides is 1. The first kappa shape index (κ1) is 14.8. The molecule has 0 fully saturated rings. The molecule has 110 valence electrons. The van der Waals surface area contributed by atoms with Gasteiger partial charge in [0.15, 0.2) is 0 Å². The molecule has 2 rings (SSSR count). The first-order valence-electron chi connectivity index (χ1n) is 6.62. The van der Waals surface area contributed by atoms with Crippen LogP contribution in [0.4, 0.5) is 5.69 Å². The van der Waals surface area contributed by atoms with E-state index >= 15 is 0 Å². The van der Waals surface area contributed by atoms with Crippen LogP contribution in [0.5, 0.6) is 0 Å². The van der Waals surface area contributed by atoms with E-state index < -0.39 is 5.97 Å². The first-order chi connectivity index (χ1) is 9.97. The Balaban J connectivity index is 2.11. The molecule has 1 amide bonds. The number of carbonyl (C=O) groups is 2. The zero-order valence-corrected chi connectivity index (χ0v) is 11.7. The van der Waals surface area contributed by atoms with Gasteiger partial charge < -0.3 is 16.2 Å². The van der Waals surface area contributed by atoms with E-state index in [0.717, 1.165) is 5.39 Å². The molecule has 0 aliphatic heterocycles. The Morgan fingerprint density at radius 2 is 2.10 bits per heavy atom. The van der Waals surface area contributed by atoms with Gasteiger partial charge in [-0.25, -0.2) is 4.98 Å². The van der Waals surface area contributed by atoms with E-state index in [4.69, 9.17) is 10.8 Å². The molecule has 0 saturated carbocycles. The van der Waals surface area contributed by atoms with Crippen molar-refractivity contribution >= 4 is 28.5 Å². The fourth-order valence-electron chi connectivity index (χ4n) is 2.05. The number of benzene rings is 1. The summed E-state index contributed by atoms with van der Waals surface area (Å²) >= 11 is 0. The van der Waals surface area contributed by atoms with Crippen molar-refractivity contribution in [2.45, 2.75) is 13.3 Å². The van der Waals surface area contributed by atoms with E-state index in [1.807, 2.05) is 18.2 Å². The highest BCUT2D eigenvalue weighted by atomic mass is 16.4. The normalized spacial score (nSPS) is 12.0. The van der Waals surface area contributed by atoms with Gasteiger partial charge in [0.25, 0.3) is 5.91 Å². The lowest BCUT2D eigenvalue weighted by Crippen LogP contribution is -2.29. The lowest BCUT2D eigenvalue weighted by Gasteiger charge is -2.11. The number of anilines is 1. The molecule has 1 heterocycles. The summed E-state index contributed by atoms with van der Waals surface area (Å²) in [6.45, 7) is 2.04. The minimum Gasteiger partial charge on any atom is -0.481 e. The number of nitrogens with two attached hydrogens (primary N) is 1. The SMILES string of the molecule is CC(CNC(=O)c1cc(N)c2ccccc2n1)CC(=O)O. The first-order valence-corrected chi connectivity index (χ1v) is 6.62. The second-order valence-electron chi connectivity index (χ2n) is 5.03. The van der Waals surface area contributed by atoms with Gasteiger partial charge >= 0.3 is 5.97 Å². The lowest BCUT2D eigenvalue weighted by atomic mass is 10.1. The summed E-state index contributed by atoms with van der Waals surface area (Å²) in [4.78, 5) is 26.9. The van der Waals surface area contributed by atoms with E-state index in [1.54, 1.807) is 13.0 Å². The second-order valence-corrected chi connectivity index (χ2v) is 5.03. The number of aromatic nitrogens is 1. The Labute approximate surface area is 122 Å². The zero-order chi connectivity index (χ0) is 15.4. The van der Waals surface area contributed by atoms with Gasteiger partial charge in [0.1, 0.15) is 5.69 Å². The summed E-state index contributed by atoms with van der Waals surface area (Å²) in [6.07, 6.45) is 0.00751. The Hall–Kier alpha value is -2.63. The third-order valence-corrected chi connectivity index (χ3v) is 3.11. The number of aliphatic carboxylic acids is 1. The molecule has 0 aliphatic rings. The molecular formula is C15H17N3O3. The summed E-state index contributed by atoms with van der Waals surface area (Å²) in [5.41, 5.74) is 7.29. The maximum Gasteiger partial charge on any atom is 0.303 e. The number of carboxylic acids is 1. The van der Waals surface area contributed by atoms with E-state index in [-0.39, 0.29) is 30.5 Å². The molecular weight excluding hydrogens is 270 g/mol. The van der Waals surface area contributed by atoms with Gasteiger partial charge in [-0.2, -0.15) is 0 Å². The highest BCUT2D eigenvalue weighted by molar-refractivity contribution is 5.99. The third-order valence-electron chi connectivity index (χ3n) is 3.11.